The van der Waals surface area contributed by atoms with E-state index >= 15 is 0 Å². The number of rotatable bonds is 2. The molecule has 6 heteroatoms. The number of carboxylic acids is 1. The topological polar surface area (TPSA) is 86.8 Å². The van der Waals surface area contributed by atoms with Crippen LogP contribution in [0.5, 0.6) is 0 Å². The highest BCUT2D eigenvalue weighted by Crippen LogP contribution is 2.19. The summed E-state index contributed by atoms with van der Waals surface area (Å²) in [6.45, 7) is 1.58. The summed E-state index contributed by atoms with van der Waals surface area (Å²) in [6, 6.07) is 8.04. The van der Waals surface area contributed by atoms with Crippen LogP contribution in [0.25, 0.3) is 0 Å². The molecule has 1 heterocycles. The van der Waals surface area contributed by atoms with Crippen LogP contribution < -0.4 is 0 Å². The highest BCUT2D eigenvalue weighted by Gasteiger charge is 2.47. The van der Waals surface area contributed by atoms with Crippen LogP contribution in [0.4, 0.5) is 0 Å². The van der Waals surface area contributed by atoms with Crippen LogP contribution in [0.15, 0.2) is 30.3 Å². The van der Waals surface area contributed by atoms with Gasteiger partial charge in [-0.3, -0.25) is 0 Å². The molecule has 2 rings (SSSR count). The molecule has 2 atom stereocenters. The quantitative estimate of drug-likeness (QED) is 0.576. The van der Waals surface area contributed by atoms with Gasteiger partial charge in [-0.2, -0.15) is 4.74 Å². The number of hydrogen-bond acceptors (Lipinski definition) is 4. The lowest BCUT2D eigenvalue weighted by molar-refractivity contribution is -0.521. The summed E-state index contributed by atoms with van der Waals surface area (Å²) in [4.78, 5) is 10.9. The van der Waals surface area contributed by atoms with Crippen molar-refractivity contribution in [1.29, 1.82) is 0 Å². The van der Waals surface area contributed by atoms with Gasteiger partial charge in [0.2, 0.25) is 5.71 Å². The van der Waals surface area contributed by atoms with E-state index < -0.39 is 18.2 Å². The maximum absolute atomic E-state index is 11.9. The highest BCUT2D eigenvalue weighted by atomic mass is 16.6. The van der Waals surface area contributed by atoms with Gasteiger partial charge in [0.15, 0.2) is 0 Å². The number of aliphatic carboxylic acids is 1. The Hall–Kier alpha value is -1.92. The number of carboxylic acid groups (broad SMARTS) is 1. The Balaban J connectivity index is 2.49. The molecule has 1 aliphatic rings. The van der Waals surface area contributed by atoms with Gasteiger partial charge >= 0.3 is 12.1 Å². The second kappa shape index (κ2) is 4.15. The van der Waals surface area contributed by atoms with E-state index in [-0.39, 0.29) is 5.71 Å². The van der Waals surface area contributed by atoms with Crippen LogP contribution in [0.3, 0.4) is 0 Å². The van der Waals surface area contributed by atoms with Crippen molar-refractivity contribution in [2.45, 2.75) is 19.1 Å². The molecular formula is C11H12N2O4. The van der Waals surface area contributed by atoms with Crippen molar-refractivity contribution in [1.82, 2.24) is 5.06 Å². The van der Waals surface area contributed by atoms with Gasteiger partial charge in [0, 0.05) is 5.56 Å². The average Bonchev–Trinajstić information content (AvgIpc) is 2.51. The molecule has 0 aromatic heterocycles. The lowest BCUT2D eigenvalue weighted by atomic mass is 10.1. The number of nitrogens with zero attached hydrogens (tertiary/aromatic N) is 2. The van der Waals surface area contributed by atoms with Crippen molar-refractivity contribution >= 4 is 11.7 Å². The van der Waals surface area contributed by atoms with Gasteiger partial charge in [-0.25, -0.2) is 4.79 Å². The standard InChI is InChI=1S/C11H12N2O4/c1-7-9(8-5-3-2-4-6-8)13(17)10(11(14)15)12(7)16/h2-7,10,16H,1H3,(H,14,15). The average molecular weight is 236 g/mol. The molecular weight excluding hydrogens is 224 g/mol. The molecule has 1 aromatic rings. The summed E-state index contributed by atoms with van der Waals surface area (Å²) in [6.07, 6.45) is -1.58. The van der Waals surface area contributed by atoms with Gasteiger partial charge in [0.1, 0.15) is 6.04 Å². The fourth-order valence-corrected chi connectivity index (χ4v) is 1.95. The molecule has 1 aromatic carbocycles. The van der Waals surface area contributed by atoms with Crippen molar-refractivity contribution < 1.29 is 19.8 Å². The van der Waals surface area contributed by atoms with Crippen molar-refractivity contribution in [3.8, 4) is 0 Å². The summed E-state index contributed by atoms with van der Waals surface area (Å²) < 4.78 is 0.336. The van der Waals surface area contributed by atoms with Crippen molar-refractivity contribution in [3.05, 3.63) is 41.1 Å². The van der Waals surface area contributed by atoms with Crippen molar-refractivity contribution in [3.63, 3.8) is 0 Å². The molecule has 2 unspecified atom stereocenters. The first-order valence-electron chi connectivity index (χ1n) is 5.12. The summed E-state index contributed by atoms with van der Waals surface area (Å²) in [5.74, 6) is -1.37. The molecule has 0 amide bonds. The largest absolute Gasteiger partial charge is 0.622 e. The Labute approximate surface area is 97.6 Å². The van der Waals surface area contributed by atoms with Gasteiger partial charge in [-0.15, -0.1) is 5.06 Å². The predicted octanol–water partition coefficient (Wildman–Crippen LogP) is 0.490. The van der Waals surface area contributed by atoms with E-state index in [1.807, 2.05) is 0 Å². The fraction of sp³-hybridized carbons (Fsp3) is 0.273. The number of hydrogen-bond donors (Lipinski definition) is 2. The summed E-state index contributed by atoms with van der Waals surface area (Å²) in [5.41, 5.74) is 0.860. The van der Waals surface area contributed by atoms with Crippen LogP contribution in [0.1, 0.15) is 12.5 Å². The Bertz CT molecular complexity index is 472. The van der Waals surface area contributed by atoms with E-state index in [4.69, 9.17) is 5.11 Å². The molecule has 2 N–H and O–H groups in total. The van der Waals surface area contributed by atoms with E-state index in [1.54, 1.807) is 37.3 Å². The Morgan fingerprint density at radius 2 is 2.00 bits per heavy atom. The molecule has 0 fully saturated rings. The van der Waals surface area contributed by atoms with E-state index in [9.17, 15) is 15.2 Å². The van der Waals surface area contributed by atoms with Crippen LogP contribution >= 0.6 is 0 Å². The normalized spacial score (nSPS) is 25.3. The molecule has 6 nitrogen and oxygen atoms in total. The second-order valence-corrected chi connectivity index (χ2v) is 3.84. The minimum Gasteiger partial charge on any atom is -0.622 e. The van der Waals surface area contributed by atoms with Gasteiger partial charge in [0.25, 0.3) is 0 Å². The smallest absolute Gasteiger partial charge is 0.393 e. The Kier molecular flexibility index (Phi) is 2.83. The first kappa shape index (κ1) is 11.6. The number of hydroxylamine groups is 3. The second-order valence-electron chi connectivity index (χ2n) is 3.84. The zero-order valence-electron chi connectivity index (χ0n) is 9.15. The van der Waals surface area contributed by atoms with Gasteiger partial charge in [0.05, 0.1) is 0 Å². The van der Waals surface area contributed by atoms with Gasteiger partial charge < -0.3 is 15.5 Å². The third kappa shape index (κ3) is 1.77. The molecule has 0 saturated carbocycles. The van der Waals surface area contributed by atoms with E-state index in [2.05, 4.69) is 0 Å². The predicted molar refractivity (Wildman–Crippen MR) is 58.7 cm³/mol. The third-order valence-corrected chi connectivity index (χ3v) is 2.79. The molecule has 0 spiro atoms. The minimum atomic E-state index is -1.58. The maximum Gasteiger partial charge on any atom is 0.393 e. The van der Waals surface area contributed by atoms with Gasteiger partial charge in [-0.1, -0.05) is 18.2 Å². The highest BCUT2D eigenvalue weighted by molar-refractivity contribution is 6.02. The third-order valence-electron chi connectivity index (χ3n) is 2.79. The van der Waals surface area contributed by atoms with E-state index in [1.165, 1.54) is 0 Å². The van der Waals surface area contributed by atoms with Crippen molar-refractivity contribution in [2.24, 2.45) is 0 Å². The maximum atomic E-state index is 11.9. The summed E-state index contributed by atoms with van der Waals surface area (Å²) in [7, 11) is 0. The Morgan fingerprint density at radius 3 is 2.47 bits per heavy atom. The molecule has 0 saturated heterocycles. The van der Waals surface area contributed by atoms with Crippen molar-refractivity contribution in [2.75, 3.05) is 0 Å². The molecule has 1 aliphatic heterocycles. The molecule has 0 aliphatic carbocycles. The molecule has 0 bridgehead atoms. The first-order chi connectivity index (χ1) is 8.04. The van der Waals surface area contributed by atoms with Crippen LogP contribution in [-0.4, -0.2) is 44.0 Å². The fourth-order valence-electron chi connectivity index (χ4n) is 1.95. The molecule has 0 radical (unpaired) electrons. The summed E-state index contributed by atoms with van der Waals surface area (Å²) in [5, 5.41) is 30.9. The lowest BCUT2D eigenvalue weighted by Gasteiger charge is -2.13. The van der Waals surface area contributed by atoms with E-state index in [0.717, 1.165) is 0 Å². The van der Waals surface area contributed by atoms with Crippen LogP contribution in [0, 0.1) is 5.21 Å². The zero-order valence-corrected chi connectivity index (χ0v) is 9.15. The zero-order chi connectivity index (χ0) is 12.6. The van der Waals surface area contributed by atoms with E-state index in [0.29, 0.717) is 15.4 Å². The first-order valence-corrected chi connectivity index (χ1v) is 5.12. The minimum absolute atomic E-state index is 0.250. The van der Waals surface area contributed by atoms with Gasteiger partial charge in [-0.05, 0) is 19.1 Å². The lowest BCUT2D eigenvalue weighted by Crippen LogP contribution is -2.42. The molecule has 17 heavy (non-hydrogen) atoms. The number of benzene rings is 1. The Morgan fingerprint density at radius 1 is 1.41 bits per heavy atom. The SMILES string of the molecule is CC1C(c2ccccc2)=[N+]([O-])C(C(=O)O)N1O. The van der Waals surface area contributed by atoms with Crippen LogP contribution in [-0.2, 0) is 4.79 Å². The monoisotopic (exact) mass is 236 g/mol. The molecule has 90 valence electrons. The summed E-state index contributed by atoms with van der Waals surface area (Å²) >= 11 is 0. The van der Waals surface area contributed by atoms with Crippen LogP contribution in [0.2, 0.25) is 0 Å². The number of carbonyl (C=O) groups is 1.